The minimum Gasteiger partial charge on any atom is -0.462 e. The van der Waals surface area contributed by atoms with Crippen LogP contribution in [0.5, 0.6) is 0 Å². The van der Waals surface area contributed by atoms with Crippen LogP contribution in [0.3, 0.4) is 0 Å². The highest BCUT2D eigenvalue weighted by molar-refractivity contribution is 7.99. The van der Waals surface area contributed by atoms with Crippen molar-refractivity contribution in [2.75, 3.05) is 32.6 Å². The van der Waals surface area contributed by atoms with Gasteiger partial charge < -0.3 is 18.5 Å². The number of methoxy groups -OCH3 is 1. The predicted molar refractivity (Wildman–Crippen MR) is 133 cm³/mol. The third-order valence-corrected chi connectivity index (χ3v) is 8.86. The summed E-state index contributed by atoms with van der Waals surface area (Å²) in [5, 5.41) is 10.6. The van der Waals surface area contributed by atoms with Crippen molar-refractivity contribution < 1.29 is 13.9 Å². The van der Waals surface area contributed by atoms with Gasteiger partial charge in [0.05, 0.1) is 19.2 Å². The first-order valence-electron chi connectivity index (χ1n) is 13.2. The van der Waals surface area contributed by atoms with Crippen LogP contribution in [-0.4, -0.2) is 58.3 Å². The van der Waals surface area contributed by atoms with Crippen LogP contribution in [0.25, 0.3) is 0 Å². The van der Waals surface area contributed by atoms with Gasteiger partial charge >= 0.3 is 0 Å². The van der Waals surface area contributed by atoms with Gasteiger partial charge in [-0.25, -0.2) is 0 Å². The van der Waals surface area contributed by atoms with Crippen LogP contribution < -0.4 is 0 Å². The highest BCUT2D eigenvalue weighted by atomic mass is 32.2. The number of furan rings is 1. The first-order chi connectivity index (χ1) is 16.8. The molecule has 2 aromatic heterocycles. The second-order valence-corrected chi connectivity index (χ2v) is 11.2. The summed E-state index contributed by atoms with van der Waals surface area (Å²) >= 11 is 1.93. The van der Waals surface area contributed by atoms with Crippen LogP contribution in [0.1, 0.15) is 81.1 Å². The molecule has 3 aliphatic rings. The molecule has 34 heavy (non-hydrogen) atoms. The molecule has 2 aromatic rings. The molecule has 5 rings (SSSR count). The molecule has 1 saturated carbocycles. The Morgan fingerprint density at radius 2 is 1.82 bits per heavy atom. The van der Waals surface area contributed by atoms with E-state index in [1.807, 2.05) is 17.8 Å². The Bertz CT molecular complexity index is 880. The van der Waals surface area contributed by atoms with E-state index in [0.29, 0.717) is 18.6 Å². The molecule has 0 radical (unpaired) electrons. The zero-order valence-electron chi connectivity index (χ0n) is 20.6. The fraction of sp³-hybridized carbons (Fsp3) is 0.769. The van der Waals surface area contributed by atoms with Crippen LogP contribution in [-0.2, 0) is 29.2 Å². The lowest BCUT2D eigenvalue weighted by Crippen LogP contribution is -2.33. The van der Waals surface area contributed by atoms with Crippen molar-refractivity contribution in [1.82, 2.24) is 19.7 Å². The van der Waals surface area contributed by atoms with Gasteiger partial charge in [0.2, 0.25) is 0 Å². The van der Waals surface area contributed by atoms with E-state index in [2.05, 4.69) is 15.5 Å². The summed E-state index contributed by atoms with van der Waals surface area (Å²) in [5.41, 5.74) is 0. The largest absolute Gasteiger partial charge is 0.462 e. The van der Waals surface area contributed by atoms with Crippen molar-refractivity contribution in [1.29, 1.82) is 0 Å². The highest BCUT2D eigenvalue weighted by Gasteiger charge is 2.29. The fourth-order valence-corrected chi connectivity index (χ4v) is 6.86. The highest BCUT2D eigenvalue weighted by Crippen LogP contribution is 2.34. The van der Waals surface area contributed by atoms with E-state index in [-0.39, 0.29) is 0 Å². The minimum absolute atomic E-state index is 0.309. The Morgan fingerprint density at radius 3 is 2.59 bits per heavy atom. The third kappa shape index (κ3) is 6.25. The maximum Gasteiger partial charge on any atom is 0.191 e. The van der Waals surface area contributed by atoms with Gasteiger partial charge in [-0.1, -0.05) is 31.0 Å². The Kier molecular flexibility index (Phi) is 8.64. The van der Waals surface area contributed by atoms with E-state index in [0.717, 1.165) is 74.6 Å². The summed E-state index contributed by atoms with van der Waals surface area (Å²) < 4.78 is 19.5. The van der Waals surface area contributed by atoms with E-state index >= 15 is 0 Å². The zero-order valence-corrected chi connectivity index (χ0v) is 21.4. The minimum atomic E-state index is 0.309. The summed E-state index contributed by atoms with van der Waals surface area (Å²) in [7, 11) is 1.70. The lowest BCUT2D eigenvalue weighted by Gasteiger charge is -2.31. The van der Waals surface area contributed by atoms with Crippen molar-refractivity contribution >= 4 is 11.8 Å². The maximum absolute atomic E-state index is 6.01. The van der Waals surface area contributed by atoms with Gasteiger partial charge in [0.15, 0.2) is 5.16 Å². The molecule has 2 aliphatic heterocycles. The lowest BCUT2D eigenvalue weighted by atomic mass is 9.91. The number of ether oxygens (including phenoxy) is 2. The number of rotatable bonds is 10. The summed E-state index contributed by atoms with van der Waals surface area (Å²) in [6.07, 6.45) is 11.8. The maximum atomic E-state index is 6.01. The molecule has 1 unspecified atom stereocenters. The summed E-state index contributed by atoms with van der Waals surface area (Å²) in [5.74, 6) is 5.58. The SMILES string of the molecule is COCc1ccc(CN2CCC(c3nnc(SCC4CCCCC4)n3CC3CCCO3)CC2)o1. The number of likely N-dealkylation sites (tertiary alicyclic amines) is 1. The average Bonchev–Trinajstić information content (AvgIpc) is 3.62. The third-order valence-electron chi connectivity index (χ3n) is 7.66. The summed E-state index contributed by atoms with van der Waals surface area (Å²) in [6, 6.07) is 4.10. The molecule has 2 saturated heterocycles. The van der Waals surface area contributed by atoms with Crippen LogP contribution in [0.2, 0.25) is 0 Å². The van der Waals surface area contributed by atoms with Gasteiger partial charge in [-0.3, -0.25) is 4.90 Å². The van der Waals surface area contributed by atoms with Crippen molar-refractivity contribution in [3.05, 3.63) is 29.5 Å². The number of piperidine rings is 1. The molecule has 1 aliphatic carbocycles. The molecule has 0 amide bonds. The summed E-state index contributed by atoms with van der Waals surface area (Å²) in [6.45, 7) is 5.31. The molecule has 1 atom stereocenters. The Balaban J connectivity index is 1.20. The Labute approximate surface area is 208 Å². The molecular formula is C26H40N4O3S. The van der Waals surface area contributed by atoms with E-state index in [9.17, 15) is 0 Å². The van der Waals surface area contributed by atoms with E-state index < -0.39 is 0 Å². The number of nitrogens with zero attached hydrogens (tertiary/aromatic N) is 4. The smallest absolute Gasteiger partial charge is 0.191 e. The van der Waals surface area contributed by atoms with Crippen molar-refractivity contribution in [3.63, 3.8) is 0 Å². The van der Waals surface area contributed by atoms with Gasteiger partial charge in [0.25, 0.3) is 0 Å². The number of aromatic nitrogens is 3. The molecule has 0 aromatic carbocycles. The molecule has 0 spiro atoms. The molecule has 0 N–H and O–H groups in total. The Hall–Kier alpha value is -1.35. The monoisotopic (exact) mass is 488 g/mol. The molecule has 188 valence electrons. The van der Waals surface area contributed by atoms with Crippen molar-refractivity contribution in [2.24, 2.45) is 5.92 Å². The van der Waals surface area contributed by atoms with Gasteiger partial charge in [-0.05, 0) is 69.7 Å². The van der Waals surface area contributed by atoms with Gasteiger partial charge in [0, 0.05) is 25.4 Å². The van der Waals surface area contributed by atoms with Crippen LogP contribution in [0, 0.1) is 5.92 Å². The van der Waals surface area contributed by atoms with Gasteiger partial charge in [0.1, 0.15) is 24.0 Å². The first kappa shape index (κ1) is 24.3. The second kappa shape index (κ2) is 12.1. The van der Waals surface area contributed by atoms with Crippen molar-refractivity contribution in [3.8, 4) is 0 Å². The zero-order chi connectivity index (χ0) is 23.2. The summed E-state index contributed by atoms with van der Waals surface area (Å²) in [4.78, 5) is 2.49. The van der Waals surface area contributed by atoms with Crippen LogP contribution in [0.4, 0.5) is 0 Å². The molecular weight excluding hydrogens is 448 g/mol. The average molecular weight is 489 g/mol. The topological polar surface area (TPSA) is 65.5 Å². The molecule has 8 heteroatoms. The predicted octanol–water partition coefficient (Wildman–Crippen LogP) is 5.25. The second-order valence-electron chi connectivity index (χ2n) is 10.3. The van der Waals surface area contributed by atoms with E-state index in [1.165, 1.54) is 50.1 Å². The lowest BCUT2D eigenvalue weighted by molar-refractivity contribution is 0.0930. The molecule has 7 nitrogen and oxygen atoms in total. The van der Waals surface area contributed by atoms with Crippen LogP contribution in [0.15, 0.2) is 21.7 Å². The normalized spacial score (nSPS) is 23.1. The number of hydrogen-bond acceptors (Lipinski definition) is 7. The van der Waals surface area contributed by atoms with Crippen LogP contribution >= 0.6 is 11.8 Å². The van der Waals surface area contributed by atoms with E-state index in [4.69, 9.17) is 24.1 Å². The first-order valence-corrected chi connectivity index (χ1v) is 14.2. The molecule has 3 fully saturated rings. The van der Waals surface area contributed by atoms with E-state index in [1.54, 1.807) is 7.11 Å². The van der Waals surface area contributed by atoms with Crippen molar-refractivity contribution in [2.45, 2.75) is 94.7 Å². The molecule has 0 bridgehead atoms. The Morgan fingerprint density at radius 1 is 1.00 bits per heavy atom. The van der Waals surface area contributed by atoms with Gasteiger partial charge in [-0.15, -0.1) is 10.2 Å². The number of thioether (sulfide) groups is 1. The quantitative estimate of drug-likeness (QED) is 0.423. The number of hydrogen-bond donors (Lipinski definition) is 0. The fourth-order valence-electron chi connectivity index (χ4n) is 5.72. The van der Waals surface area contributed by atoms with Gasteiger partial charge in [-0.2, -0.15) is 0 Å². The molecule has 4 heterocycles. The standard InChI is InChI=1S/C26H40N4O3S/c1-31-18-24-10-9-23(33-24)16-29-13-11-21(12-14-29)25-27-28-26(30(25)17-22-8-5-15-32-22)34-19-20-6-3-2-4-7-20/h9-10,20-22H,2-8,11-19H2,1H3.